The first-order valence-electron chi connectivity index (χ1n) is 8.60. The van der Waals surface area contributed by atoms with E-state index in [0.717, 1.165) is 11.1 Å². The molecule has 0 radical (unpaired) electrons. The number of aryl methyl sites for hydroxylation is 3. The van der Waals surface area contributed by atoms with Crippen LogP contribution in [0.2, 0.25) is 0 Å². The van der Waals surface area contributed by atoms with Crippen LogP contribution in [0.15, 0.2) is 30.3 Å². The third-order valence-electron chi connectivity index (χ3n) is 4.31. The zero-order chi connectivity index (χ0) is 21.4. The van der Waals surface area contributed by atoms with Gasteiger partial charge in [0.25, 0.3) is 0 Å². The molecule has 154 valence electrons. The third kappa shape index (κ3) is 4.41. The molecule has 29 heavy (non-hydrogen) atoms. The molecule has 0 bridgehead atoms. The van der Waals surface area contributed by atoms with E-state index in [-0.39, 0.29) is 18.9 Å². The van der Waals surface area contributed by atoms with Crippen LogP contribution < -0.4 is 0 Å². The molecule has 0 spiro atoms. The van der Waals surface area contributed by atoms with Gasteiger partial charge in [0.15, 0.2) is 0 Å². The molecule has 0 N–H and O–H groups in total. The van der Waals surface area contributed by atoms with Crippen molar-refractivity contribution < 1.29 is 26.3 Å². The molecule has 0 saturated heterocycles. The van der Waals surface area contributed by atoms with Gasteiger partial charge in [-0.25, -0.2) is 15.0 Å². The average Bonchev–Trinajstić information content (AvgIpc) is 2.96. The molecular formula is C19H16F6N4. The second-order valence-corrected chi connectivity index (χ2v) is 6.35. The van der Waals surface area contributed by atoms with Crippen molar-refractivity contribution in [1.29, 1.82) is 0 Å². The van der Waals surface area contributed by atoms with Crippen LogP contribution in [0.1, 0.15) is 35.5 Å². The Labute approximate surface area is 161 Å². The van der Waals surface area contributed by atoms with Gasteiger partial charge in [-0.2, -0.15) is 26.3 Å². The first-order valence-corrected chi connectivity index (χ1v) is 8.60. The summed E-state index contributed by atoms with van der Waals surface area (Å²) in [5.41, 5.74) is -0.868. The molecule has 2 heterocycles. The number of rotatable bonds is 4. The molecule has 0 amide bonds. The van der Waals surface area contributed by atoms with E-state index in [9.17, 15) is 26.3 Å². The second kappa shape index (κ2) is 7.49. The summed E-state index contributed by atoms with van der Waals surface area (Å²) in [5, 5.41) is 0. The minimum absolute atomic E-state index is 0.0814. The number of alkyl halides is 6. The number of hydrogen-bond donors (Lipinski definition) is 0. The zero-order valence-electron chi connectivity index (χ0n) is 15.4. The smallest absolute Gasteiger partial charge is 0.331 e. The summed E-state index contributed by atoms with van der Waals surface area (Å²) in [6.45, 7) is 1.85. The fourth-order valence-electron chi connectivity index (χ4n) is 2.94. The second-order valence-electron chi connectivity index (χ2n) is 6.35. The number of para-hydroxylation sites is 1. The van der Waals surface area contributed by atoms with Gasteiger partial charge in [0.2, 0.25) is 0 Å². The predicted molar refractivity (Wildman–Crippen MR) is 94.9 cm³/mol. The van der Waals surface area contributed by atoms with Crippen LogP contribution in [0.25, 0.3) is 17.1 Å². The van der Waals surface area contributed by atoms with E-state index >= 15 is 0 Å². The Morgan fingerprint density at radius 2 is 1.55 bits per heavy atom. The summed E-state index contributed by atoms with van der Waals surface area (Å²) in [6, 6.07) is 5.46. The Kier molecular flexibility index (Phi) is 5.38. The molecule has 0 fully saturated rings. The Balaban J connectivity index is 1.95. The first kappa shape index (κ1) is 20.8. The Morgan fingerprint density at radius 1 is 0.931 bits per heavy atom. The number of nitrogens with zero attached hydrogens (tertiary/aromatic N) is 4. The van der Waals surface area contributed by atoms with E-state index in [1.165, 1.54) is 0 Å². The minimum Gasteiger partial charge on any atom is -0.331 e. The number of benzene rings is 1. The van der Waals surface area contributed by atoms with Crippen LogP contribution >= 0.6 is 0 Å². The maximum absolute atomic E-state index is 12.9. The number of fused-ring (bicyclic) bond motifs is 1. The molecule has 10 heteroatoms. The van der Waals surface area contributed by atoms with Crippen LogP contribution in [0, 0.1) is 0 Å². The van der Waals surface area contributed by atoms with Crippen LogP contribution in [-0.2, 0) is 32.2 Å². The molecule has 0 atom stereocenters. The van der Waals surface area contributed by atoms with Gasteiger partial charge < -0.3 is 4.57 Å². The molecule has 3 rings (SSSR count). The summed E-state index contributed by atoms with van der Waals surface area (Å²) in [6.07, 6.45) is -6.43. The lowest BCUT2D eigenvalue weighted by molar-refractivity contribution is -0.147. The number of aromatic nitrogens is 4. The molecule has 0 aliphatic heterocycles. The molecule has 1 aromatic carbocycles. The average molecular weight is 414 g/mol. The Bertz CT molecular complexity index is 1030. The lowest BCUT2D eigenvalue weighted by Gasteiger charge is -2.12. The van der Waals surface area contributed by atoms with Crippen molar-refractivity contribution in [3.8, 4) is 0 Å². The van der Waals surface area contributed by atoms with E-state index in [1.54, 1.807) is 11.6 Å². The molecule has 0 aliphatic rings. The highest BCUT2D eigenvalue weighted by atomic mass is 19.4. The zero-order valence-corrected chi connectivity index (χ0v) is 15.4. The SMILES string of the molecule is C/C=C\c1cccc2c1nc(CCc1nc(C(F)(F)F)cc(C(F)(F)F)n1)n2C. The van der Waals surface area contributed by atoms with Crippen LogP contribution in [0.5, 0.6) is 0 Å². The lowest BCUT2D eigenvalue weighted by atomic mass is 10.2. The fourth-order valence-corrected chi connectivity index (χ4v) is 2.94. The van der Waals surface area contributed by atoms with E-state index in [2.05, 4.69) is 15.0 Å². The third-order valence-corrected chi connectivity index (χ3v) is 4.31. The van der Waals surface area contributed by atoms with Crippen molar-refractivity contribution in [1.82, 2.24) is 19.5 Å². The quantitative estimate of drug-likeness (QED) is 0.550. The number of hydrogen-bond acceptors (Lipinski definition) is 3. The monoisotopic (exact) mass is 414 g/mol. The minimum atomic E-state index is -5.00. The van der Waals surface area contributed by atoms with Crippen molar-refractivity contribution in [2.24, 2.45) is 7.05 Å². The topological polar surface area (TPSA) is 43.6 Å². The van der Waals surface area contributed by atoms with Crippen LogP contribution in [0.3, 0.4) is 0 Å². The van der Waals surface area contributed by atoms with E-state index in [1.807, 2.05) is 37.3 Å². The number of imidazole rings is 1. The highest BCUT2D eigenvalue weighted by molar-refractivity contribution is 5.85. The maximum atomic E-state index is 12.9. The molecular weight excluding hydrogens is 398 g/mol. The maximum Gasteiger partial charge on any atom is 0.433 e. The number of allylic oxidation sites excluding steroid dienone is 1. The summed E-state index contributed by atoms with van der Waals surface area (Å²) in [5.74, 6) is -0.0283. The highest BCUT2D eigenvalue weighted by Gasteiger charge is 2.39. The first-order chi connectivity index (χ1) is 13.5. The highest BCUT2D eigenvalue weighted by Crippen LogP contribution is 2.33. The van der Waals surface area contributed by atoms with Crippen molar-refractivity contribution in [2.75, 3.05) is 0 Å². The summed E-state index contributed by atoms with van der Waals surface area (Å²) >= 11 is 0. The van der Waals surface area contributed by atoms with E-state index in [4.69, 9.17) is 0 Å². The fraction of sp³-hybridized carbons (Fsp3) is 0.316. The largest absolute Gasteiger partial charge is 0.433 e. The summed E-state index contributed by atoms with van der Waals surface area (Å²) in [7, 11) is 1.73. The van der Waals surface area contributed by atoms with Gasteiger partial charge in [0.05, 0.1) is 11.0 Å². The van der Waals surface area contributed by atoms with E-state index in [0.29, 0.717) is 11.3 Å². The molecule has 2 aromatic heterocycles. The van der Waals surface area contributed by atoms with Gasteiger partial charge >= 0.3 is 12.4 Å². The molecule has 0 aliphatic carbocycles. The van der Waals surface area contributed by atoms with Gasteiger partial charge in [0.1, 0.15) is 23.0 Å². The van der Waals surface area contributed by atoms with Crippen molar-refractivity contribution in [3.63, 3.8) is 0 Å². The molecule has 4 nitrogen and oxygen atoms in total. The molecule has 0 unspecified atom stereocenters. The van der Waals surface area contributed by atoms with Crippen molar-refractivity contribution >= 4 is 17.1 Å². The normalized spacial score (nSPS) is 13.0. The van der Waals surface area contributed by atoms with Crippen molar-refractivity contribution in [2.45, 2.75) is 32.1 Å². The number of halogens is 6. The standard InChI is InChI=1S/C19H16F6N4/c1-3-5-11-6-4-7-12-17(11)28-16(29(12)2)9-8-15-26-13(18(20,21)22)10-14(27-15)19(23,24)25/h3-7,10H,8-9H2,1-2H3/b5-3-. The summed E-state index contributed by atoms with van der Waals surface area (Å²) < 4.78 is 79.4. The van der Waals surface area contributed by atoms with Gasteiger partial charge in [-0.15, -0.1) is 0 Å². The predicted octanol–water partition coefficient (Wildman–Crippen LogP) is 5.22. The van der Waals surface area contributed by atoms with Gasteiger partial charge in [0, 0.05) is 25.5 Å². The van der Waals surface area contributed by atoms with Gasteiger partial charge in [-0.05, 0) is 19.1 Å². The molecule has 3 aromatic rings. The van der Waals surface area contributed by atoms with Gasteiger partial charge in [-0.3, -0.25) is 0 Å². The van der Waals surface area contributed by atoms with Crippen LogP contribution in [0.4, 0.5) is 26.3 Å². The Hall–Kier alpha value is -2.91. The van der Waals surface area contributed by atoms with Crippen LogP contribution in [-0.4, -0.2) is 19.5 Å². The van der Waals surface area contributed by atoms with E-state index < -0.39 is 29.6 Å². The van der Waals surface area contributed by atoms with Crippen molar-refractivity contribution in [3.05, 3.63) is 58.9 Å². The van der Waals surface area contributed by atoms with Gasteiger partial charge in [-0.1, -0.05) is 24.3 Å². The lowest BCUT2D eigenvalue weighted by Crippen LogP contribution is -2.17. The summed E-state index contributed by atoms with van der Waals surface area (Å²) in [4.78, 5) is 11.1. The molecule has 0 saturated carbocycles. The Morgan fingerprint density at radius 3 is 2.10 bits per heavy atom.